The fourth-order valence-electron chi connectivity index (χ4n) is 3.09. The zero-order chi connectivity index (χ0) is 18.0. The molecule has 0 radical (unpaired) electrons. The molecule has 2 atom stereocenters. The molecule has 1 aliphatic heterocycles. The van der Waals surface area contributed by atoms with Gasteiger partial charge in [-0.2, -0.15) is 0 Å². The summed E-state index contributed by atoms with van der Waals surface area (Å²) in [5.41, 5.74) is 0.810. The van der Waals surface area contributed by atoms with Crippen LogP contribution in [0.2, 0.25) is 0 Å². The number of nitrogens with zero attached hydrogens (tertiary/aromatic N) is 3. The Labute approximate surface area is 143 Å². The number of carbonyl (C=O) groups excluding carboxylic acids is 1. The van der Waals surface area contributed by atoms with Crippen LogP contribution in [0.3, 0.4) is 0 Å². The zero-order valence-electron chi connectivity index (χ0n) is 13.9. The van der Waals surface area contributed by atoms with Crippen LogP contribution in [0.15, 0.2) is 30.3 Å². The maximum atomic E-state index is 13.6. The maximum absolute atomic E-state index is 13.6. The summed E-state index contributed by atoms with van der Waals surface area (Å²) in [6, 6.07) is 6.93. The highest BCUT2D eigenvalue weighted by Gasteiger charge is 2.33. The number of aromatic nitrogens is 2. The molecular weight excluding hydrogens is 330 g/mol. The summed E-state index contributed by atoms with van der Waals surface area (Å²) >= 11 is 0. The third-order valence-electron chi connectivity index (χ3n) is 4.33. The molecule has 1 N–H and O–H groups in total. The van der Waals surface area contributed by atoms with Gasteiger partial charge >= 0.3 is 5.97 Å². The van der Waals surface area contributed by atoms with Gasteiger partial charge in [0.25, 0.3) is 0 Å². The van der Waals surface area contributed by atoms with Crippen molar-refractivity contribution < 1.29 is 18.3 Å². The van der Waals surface area contributed by atoms with E-state index < -0.39 is 17.6 Å². The molecule has 2 heterocycles. The van der Waals surface area contributed by atoms with Crippen molar-refractivity contribution in [3.05, 3.63) is 53.2 Å². The fraction of sp³-hybridized carbons (Fsp3) is 0.353. The second kappa shape index (κ2) is 7.10. The van der Waals surface area contributed by atoms with Crippen LogP contribution >= 0.6 is 0 Å². The van der Waals surface area contributed by atoms with Crippen molar-refractivity contribution >= 4 is 11.8 Å². The van der Waals surface area contributed by atoms with Gasteiger partial charge in [0.05, 0.1) is 13.2 Å². The lowest BCUT2D eigenvalue weighted by molar-refractivity contribution is 0.0592. The molecule has 3 rings (SSSR count). The average molecular weight is 348 g/mol. The summed E-state index contributed by atoms with van der Waals surface area (Å²) in [7, 11) is 3.20. The van der Waals surface area contributed by atoms with Gasteiger partial charge in [0.2, 0.25) is 0 Å². The number of ether oxygens (including phenoxy) is 1. The lowest BCUT2D eigenvalue weighted by Gasteiger charge is -2.26. The molecule has 25 heavy (non-hydrogen) atoms. The summed E-state index contributed by atoms with van der Waals surface area (Å²) in [4.78, 5) is 13.5. The predicted octanol–water partition coefficient (Wildman–Crippen LogP) is 2.40. The van der Waals surface area contributed by atoms with E-state index in [4.69, 9.17) is 0 Å². The highest BCUT2D eigenvalue weighted by Crippen LogP contribution is 2.33. The normalized spacial score (nSPS) is 20.5. The van der Waals surface area contributed by atoms with Crippen LogP contribution in [0.1, 0.15) is 28.5 Å². The number of esters is 1. The summed E-state index contributed by atoms with van der Waals surface area (Å²) in [6.45, 7) is 0.801. The van der Waals surface area contributed by atoms with E-state index in [1.165, 1.54) is 19.2 Å². The summed E-state index contributed by atoms with van der Waals surface area (Å²) in [6.07, 6.45) is 0.806. The minimum Gasteiger partial charge on any atom is -0.464 e. The molecule has 8 heteroatoms. The number of halogens is 2. The third kappa shape index (κ3) is 3.58. The first kappa shape index (κ1) is 17.2. The maximum Gasteiger partial charge on any atom is 0.358 e. The van der Waals surface area contributed by atoms with Crippen molar-refractivity contribution in [2.75, 3.05) is 26.0 Å². The topological polar surface area (TPSA) is 67.3 Å². The van der Waals surface area contributed by atoms with Gasteiger partial charge < -0.3 is 10.1 Å². The SMILES string of the molecule is COC(=O)c1ccc(N[C@H]2CCN(C)[C@H]2c2ccc(F)c(F)c2)nn1. The van der Waals surface area contributed by atoms with Gasteiger partial charge in [0.1, 0.15) is 5.82 Å². The summed E-state index contributed by atoms with van der Waals surface area (Å²) in [5.74, 6) is -1.78. The minimum atomic E-state index is -0.863. The van der Waals surface area contributed by atoms with Gasteiger partial charge in [-0.05, 0) is 43.3 Å². The van der Waals surface area contributed by atoms with E-state index >= 15 is 0 Å². The molecule has 132 valence electrons. The molecule has 1 aromatic carbocycles. The standard InChI is InChI=1S/C17H18F2N4O2/c1-23-8-7-13(16(23)10-3-4-11(18)12(19)9-10)20-15-6-5-14(21-22-15)17(24)25-2/h3-6,9,13,16H,7-8H2,1-2H3,(H,20,22)/t13-,16-/m0/s1. The van der Waals surface area contributed by atoms with Crippen molar-refractivity contribution in [3.63, 3.8) is 0 Å². The van der Waals surface area contributed by atoms with E-state index in [1.54, 1.807) is 12.1 Å². The number of hydrogen-bond acceptors (Lipinski definition) is 6. The molecular formula is C17H18F2N4O2. The molecule has 0 aliphatic carbocycles. The average Bonchev–Trinajstić information content (AvgIpc) is 2.98. The third-order valence-corrected chi connectivity index (χ3v) is 4.33. The zero-order valence-corrected chi connectivity index (χ0v) is 13.9. The second-order valence-corrected chi connectivity index (χ2v) is 5.93. The highest BCUT2D eigenvalue weighted by atomic mass is 19.2. The van der Waals surface area contributed by atoms with Gasteiger partial charge in [-0.1, -0.05) is 6.07 Å². The Morgan fingerprint density at radius 2 is 2.04 bits per heavy atom. The van der Waals surface area contributed by atoms with Gasteiger partial charge in [-0.15, -0.1) is 10.2 Å². The molecule has 0 spiro atoms. The minimum absolute atomic E-state index is 0.0480. The van der Waals surface area contributed by atoms with Crippen molar-refractivity contribution in [2.24, 2.45) is 0 Å². The largest absolute Gasteiger partial charge is 0.464 e. The van der Waals surface area contributed by atoms with Gasteiger partial charge in [0, 0.05) is 12.6 Å². The van der Waals surface area contributed by atoms with E-state index in [-0.39, 0.29) is 17.8 Å². The van der Waals surface area contributed by atoms with Crippen molar-refractivity contribution in [3.8, 4) is 0 Å². The van der Waals surface area contributed by atoms with Gasteiger partial charge in [-0.3, -0.25) is 4.90 Å². The molecule has 1 aromatic heterocycles. The van der Waals surface area contributed by atoms with E-state index in [0.29, 0.717) is 11.4 Å². The number of likely N-dealkylation sites (N-methyl/N-ethyl adjacent to an activating group) is 1. The number of likely N-dealkylation sites (tertiary alicyclic amines) is 1. The van der Waals surface area contributed by atoms with Gasteiger partial charge in [-0.25, -0.2) is 13.6 Å². The fourth-order valence-corrected chi connectivity index (χ4v) is 3.09. The van der Waals surface area contributed by atoms with E-state index in [0.717, 1.165) is 19.0 Å². The Morgan fingerprint density at radius 1 is 1.24 bits per heavy atom. The number of carbonyl (C=O) groups is 1. The first-order valence-corrected chi connectivity index (χ1v) is 7.83. The number of benzene rings is 1. The Bertz CT molecular complexity index is 770. The molecule has 0 saturated carbocycles. The Kier molecular flexibility index (Phi) is 4.89. The van der Waals surface area contributed by atoms with Crippen LogP contribution in [0.4, 0.5) is 14.6 Å². The number of hydrogen-bond donors (Lipinski definition) is 1. The molecule has 0 amide bonds. The van der Waals surface area contributed by atoms with E-state index in [2.05, 4.69) is 25.2 Å². The van der Waals surface area contributed by atoms with Crippen LogP contribution < -0.4 is 5.32 Å². The number of methoxy groups -OCH3 is 1. The first-order valence-electron chi connectivity index (χ1n) is 7.83. The quantitative estimate of drug-likeness (QED) is 0.856. The predicted molar refractivity (Wildman–Crippen MR) is 87.1 cm³/mol. The Balaban J connectivity index is 1.78. The molecule has 0 bridgehead atoms. The molecule has 0 unspecified atom stereocenters. The summed E-state index contributed by atoms with van der Waals surface area (Å²) in [5, 5.41) is 11.1. The monoisotopic (exact) mass is 348 g/mol. The lowest BCUT2D eigenvalue weighted by Crippen LogP contribution is -2.29. The Morgan fingerprint density at radius 3 is 2.68 bits per heavy atom. The first-order chi connectivity index (χ1) is 12.0. The van der Waals surface area contributed by atoms with Crippen molar-refractivity contribution in [1.29, 1.82) is 0 Å². The van der Waals surface area contributed by atoms with Crippen LogP contribution in [0.5, 0.6) is 0 Å². The second-order valence-electron chi connectivity index (χ2n) is 5.93. The van der Waals surface area contributed by atoms with E-state index in [1.807, 2.05) is 7.05 Å². The number of nitrogens with one attached hydrogen (secondary N) is 1. The lowest BCUT2D eigenvalue weighted by atomic mass is 10.00. The van der Waals surface area contributed by atoms with Crippen LogP contribution in [-0.2, 0) is 4.74 Å². The highest BCUT2D eigenvalue weighted by molar-refractivity contribution is 5.86. The van der Waals surface area contributed by atoms with Gasteiger partial charge in [0.15, 0.2) is 17.3 Å². The molecule has 6 nitrogen and oxygen atoms in total. The Hall–Kier alpha value is -2.61. The smallest absolute Gasteiger partial charge is 0.358 e. The summed E-state index contributed by atoms with van der Waals surface area (Å²) < 4.78 is 31.4. The molecule has 2 aromatic rings. The number of rotatable bonds is 4. The van der Waals surface area contributed by atoms with Crippen LogP contribution in [0, 0.1) is 11.6 Å². The van der Waals surface area contributed by atoms with Crippen molar-refractivity contribution in [2.45, 2.75) is 18.5 Å². The van der Waals surface area contributed by atoms with Crippen molar-refractivity contribution in [1.82, 2.24) is 15.1 Å². The number of anilines is 1. The van der Waals surface area contributed by atoms with Crippen LogP contribution in [-0.4, -0.2) is 47.8 Å². The molecule has 1 aliphatic rings. The van der Waals surface area contributed by atoms with E-state index in [9.17, 15) is 13.6 Å². The van der Waals surface area contributed by atoms with Crippen LogP contribution in [0.25, 0.3) is 0 Å². The molecule has 1 fully saturated rings. The molecule has 1 saturated heterocycles.